The van der Waals surface area contributed by atoms with Gasteiger partial charge in [-0.05, 0) is 31.2 Å². The van der Waals surface area contributed by atoms with Crippen LogP contribution in [0.25, 0.3) is 22.2 Å². The SMILES string of the molecule is CC[C@H](NC(=O)c1c(CN2CCNC(=O)C2)c(-c2ccccc2)nc2ccccc12)C1CCCCC1. The largest absolute Gasteiger partial charge is 0.354 e. The van der Waals surface area contributed by atoms with Crippen LogP contribution in [0.3, 0.4) is 0 Å². The van der Waals surface area contributed by atoms with Gasteiger partial charge in [-0.15, -0.1) is 0 Å². The molecule has 0 unspecified atom stereocenters. The zero-order chi connectivity index (χ0) is 24.9. The van der Waals surface area contributed by atoms with E-state index in [-0.39, 0.29) is 17.9 Å². The van der Waals surface area contributed by atoms with E-state index in [1.165, 1.54) is 32.1 Å². The molecular weight excluding hydrogens is 448 g/mol. The fourth-order valence-corrected chi connectivity index (χ4v) is 5.88. The topological polar surface area (TPSA) is 74.3 Å². The van der Waals surface area contributed by atoms with Gasteiger partial charge in [-0.25, -0.2) is 4.98 Å². The summed E-state index contributed by atoms with van der Waals surface area (Å²) in [7, 11) is 0. The normalized spacial score (nSPS) is 18.1. The van der Waals surface area contributed by atoms with Gasteiger partial charge in [0.1, 0.15) is 0 Å². The molecule has 188 valence electrons. The quantitative estimate of drug-likeness (QED) is 0.499. The molecule has 6 heteroatoms. The Kier molecular flexibility index (Phi) is 7.61. The van der Waals surface area contributed by atoms with Crippen LogP contribution >= 0.6 is 0 Å². The number of piperazine rings is 1. The van der Waals surface area contributed by atoms with E-state index in [1.807, 2.05) is 54.6 Å². The van der Waals surface area contributed by atoms with Crippen LogP contribution in [0.2, 0.25) is 0 Å². The van der Waals surface area contributed by atoms with Gasteiger partial charge < -0.3 is 10.6 Å². The van der Waals surface area contributed by atoms with Crippen LogP contribution in [0, 0.1) is 5.92 Å². The van der Waals surface area contributed by atoms with Crippen molar-refractivity contribution in [3.63, 3.8) is 0 Å². The number of nitrogens with one attached hydrogen (secondary N) is 2. The van der Waals surface area contributed by atoms with Gasteiger partial charge >= 0.3 is 0 Å². The predicted octanol–water partition coefficient (Wildman–Crippen LogP) is 4.92. The van der Waals surface area contributed by atoms with E-state index in [0.717, 1.165) is 40.7 Å². The highest BCUT2D eigenvalue weighted by atomic mass is 16.2. The van der Waals surface area contributed by atoms with Gasteiger partial charge in [0.2, 0.25) is 5.91 Å². The number of rotatable bonds is 7. The molecule has 2 fully saturated rings. The number of fused-ring (bicyclic) bond motifs is 1. The van der Waals surface area contributed by atoms with Crippen molar-refractivity contribution in [3.05, 3.63) is 65.7 Å². The van der Waals surface area contributed by atoms with Crippen LogP contribution in [0.1, 0.15) is 61.4 Å². The molecule has 0 spiro atoms. The smallest absolute Gasteiger partial charge is 0.252 e. The van der Waals surface area contributed by atoms with Gasteiger partial charge in [-0.3, -0.25) is 14.5 Å². The molecule has 3 aromatic rings. The van der Waals surface area contributed by atoms with Gasteiger partial charge in [0.25, 0.3) is 5.91 Å². The molecule has 2 aliphatic rings. The fourth-order valence-electron chi connectivity index (χ4n) is 5.88. The summed E-state index contributed by atoms with van der Waals surface area (Å²) in [6, 6.07) is 18.2. The highest BCUT2D eigenvalue weighted by Gasteiger charge is 2.29. The molecule has 5 rings (SSSR count). The second-order valence-electron chi connectivity index (χ2n) is 10.1. The maximum Gasteiger partial charge on any atom is 0.252 e. The van der Waals surface area contributed by atoms with E-state index in [0.29, 0.717) is 31.1 Å². The van der Waals surface area contributed by atoms with Crippen molar-refractivity contribution >= 4 is 22.7 Å². The van der Waals surface area contributed by atoms with Gasteiger partial charge in [-0.2, -0.15) is 0 Å². The Balaban J connectivity index is 1.61. The van der Waals surface area contributed by atoms with E-state index in [9.17, 15) is 9.59 Å². The van der Waals surface area contributed by atoms with Crippen molar-refractivity contribution in [1.82, 2.24) is 20.5 Å². The van der Waals surface area contributed by atoms with Crippen LogP contribution in [-0.4, -0.2) is 47.4 Å². The first-order chi connectivity index (χ1) is 17.6. The molecule has 1 aromatic heterocycles. The zero-order valence-corrected chi connectivity index (χ0v) is 21.1. The predicted molar refractivity (Wildman–Crippen MR) is 144 cm³/mol. The van der Waals surface area contributed by atoms with Crippen molar-refractivity contribution in [2.75, 3.05) is 19.6 Å². The first-order valence-corrected chi connectivity index (χ1v) is 13.4. The van der Waals surface area contributed by atoms with Crippen molar-refractivity contribution in [2.24, 2.45) is 5.92 Å². The van der Waals surface area contributed by atoms with Crippen LogP contribution in [0.5, 0.6) is 0 Å². The Bertz CT molecular complexity index is 1220. The summed E-state index contributed by atoms with van der Waals surface area (Å²) in [5, 5.41) is 7.22. The van der Waals surface area contributed by atoms with E-state index >= 15 is 0 Å². The van der Waals surface area contributed by atoms with E-state index in [2.05, 4.69) is 22.5 Å². The Hall–Kier alpha value is -3.25. The van der Waals surface area contributed by atoms with Crippen molar-refractivity contribution in [2.45, 2.75) is 58.0 Å². The number of aromatic nitrogens is 1. The van der Waals surface area contributed by atoms with Crippen molar-refractivity contribution in [1.29, 1.82) is 0 Å². The van der Waals surface area contributed by atoms with E-state index in [1.54, 1.807) is 0 Å². The Labute approximate surface area is 213 Å². The maximum atomic E-state index is 14.1. The summed E-state index contributed by atoms with van der Waals surface area (Å²) in [6.07, 6.45) is 7.07. The Morgan fingerprint density at radius 1 is 1.08 bits per heavy atom. The molecule has 1 atom stereocenters. The number of carbonyl (C=O) groups excluding carboxylic acids is 2. The lowest BCUT2D eigenvalue weighted by atomic mass is 9.82. The third kappa shape index (κ3) is 5.29. The summed E-state index contributed by atoms with van der Waals surface area (Å²) in [4.78, 5) is 33.5. The summed E-state index contributed by atoms with van der Waals surface area (Å²) in [5.41, 5.74) is 4.20. The first kappa shape index (κ1) is 24.4. The summed E-state index contributed by atoms with van der Waals surface area (Å²) < 4.78 is 0. The second kappa shape index (κ2) is 11.2. The average molecular weight is 485 g/mol. The number of carbonyl (C=O) groups is 2. The molecule has 2 N–H and O–H groups in total. The third-order valence-electron chi connectivity index (χ3n) is 7.74. The van der Waals surface area contributed by atoms with Crippen molar-refractivity contribution in [3.8, 4) is 11.3 Å². The molecule has 0 radical (unpaired) electrons. The number of nitrogens with zero attached hydrogens (tertiary/aromatic N) is 2. The highest BCUT2D eigenvalue weighted by molar-refractivity contribution is 6.09. The standard InChI is InChI=1S/C30H36N4O2/c1-2-25(21-11-5-3-6-12-21)33-30(36)28-23-15-9-10-16-26(23)32-29(22-13-7-4-8-14-22)24(28)19-34-18-17-31-27(35)20-34/h4,7-10,13-16,21,25H,2-3,5-6,11-12,17-20H2,1H3,(H,31,35)(H,33,36)/t25-/m0/s1. The Morgan fingerprint density at radius 2 is 1.83 bits per heavy atom. The first-order valence-electron chi connectivity index (χ1n) is 13.4. The lowest BCUT2D eigenvalue weighted by Gasteiger charge is -2.31. The molecule has 2 aromatic carbocycles. The van der Waals surface area contributed by atoms with E-state index < -0.39 is 0 Å². The molecule has 0 bridgehead atoms. The number of amides is 2. The van der Waals surface area contributed by atoms with Crippen LogP contribution < -0.4 is 10.6 Å². The molecule has 2 amide bonds. The lowest BCUT2D eigenvalue weighted by molar-refractivity contribution is -0.124. The second-order valence-corrected chi connectivity index (χ2v) is 10.1. The van der Waals surface area contributed by atoms with Gasteiger partial charge in [-0.1, -0.05) is 74.7 Å². The number of benzene rings is 2. The number of para-hydroxylation sites is 1. The van der Waals surface area contributed by atoms with Crippen molar-refractivity contribution < 1.29 is 9.59 Å². The molecule has 1 aliphatic carbocycles. The molecule has 6 nitrogen and oxygen atoms in total. The summed E-state index contributed by atoms with van der Waals surface area (Å²) in [6.45, 7) is 4.35. The molecular formula is C30H36N4O2. The molecule has 2 heterocycles. The average Bonchev–Trinajstić information content (AvgIpc) is 2.92. The van der Waals surface area contributed by atoms with Gasteiger partial charge in [0, 0.05) is 42.2 Å². The van der Waals surface area contributed by atoms with Crippen LogP contribution in [-0.2, 0) is 11.3 Å². The van der Waals surface area contributed by atoms with E-state index in [4.69, 9.17) is 4.98 Å². The number of hydrogen-bond acceptors (Lipinski definition) is 4. The van der Waals surface area contributed by atoms with Crippen LogP contribution in [0.15, 0.2) is 54.6 Å². The highest BCUT2D eigenvalue weighted by Crippen LogP contribution is 2.33. The molecule has 1 saturated heterocycles. The monoisotopic (exact) mass is 484 g/mol. The van der Waals surface area contributed by atoms with Gasteiger partial charge in [0.05, 0.1) is 23.3 Å². The zero-order valence-electron chi connectivity index (χ0n) is 21.1. The minimum atomic E-state index is -0.0281. The summed E-state index contributed by atoms with van der Waals surface area (Å²) >= 11 is 0. The lowest BCUT2D eigenvalue weighted by Crippen LogP contribution is -2.47. The molecule has 36 heavy (non-hydrogen) atoms. The minimum absolute atomic E-state index is 0.0191. The van der Waals surface area contributed by atoms with Crippen LogP contribution in [0.4, 0.5) is 0 Å². The number of hydrogen-bond donors (Lipinski definition) is 2. The molecule has 1 saturated carbocycles. The van der Waals surface area contributed by atoms with Gasteiger partial charge in [0.15, 0.2) is 0 Å². The maximum absolute atomic E-state index is 14.1. The number of pyridine rings is 1. The molecule has 1 aliphatic heterocycles. The minimum Gasteiger partial charge on any atom is -0.354 e. The fraction of sp³-hybridized carbons (Fsp3) is 0.433. The summed E-state index contributed by atoms with van der Waals surface area (Å²) in [5.74, 6) is 0.522. The third-order valence-corrected chi connectivity index (χ3v) is 7.74. The Morgan fingerprint density at radius 3 is 2.58 bits per heavy atom.